The average Bonchev–Trinajstić information content (AvgIpc) is 3.07. The van der Waals surface area contributed by atoms with Gasteiger partial charge in [-0.15, -0.1) is 0 Å². The van der Waals surface area contributed by atoms with Crippen LogP contribution in [0.5, 0.6) is 0 Å². The molecule has 2 N–H and O–H groups in total. The van der Waals surface area contributed by atoms with Crippen LogP contribution in [0.15, 0.2) is 83.5 Å². The van der Waals surface area contributed by atoms with Crippen LogP contribution < -0.4 is 15.5 Å². The summed E-state index contributed by atoms with van der Waals surface area (Å²) in [6, 6.07) is 17.8. The van der Waals surface area contributed by atoms with E-state index in [1.165, 1.54) is 30.3 Å². The molecule has 37 heavy (non-hydrogen) atoms. The first-order chi connectivity index (χ1) is 17.7. The van der Waals surface area contributed by atoms with E-state index in [0.717, 1.165) is 6.07 Å². The first kappa shape index (κ1) is 25.6. The van der Waals surface area contributed by atoms with Crippen molar-refractivity contribution in [1.82, 2.24) is 0 Å². The van der Waals surface area contributed by atoms with E-state index in [2.05, 4.69) is 10.6 Å². The molecule has 0 bridgehead atoms. The van der Waals surface area contributed by atoms with Crippen molar-refractivity contribution < 1.29 is 28.3 Å². The first-order valence-corrected chi connectivity index (χ1v) is 11.6. The molecule has 0 saturated carbocycles. The molecule has 0 unspecified atom stereocenters. The highest BCUT2D eigenvalue weighted by atomic mass is 35.5. The van der Waals surface area contributed by atoms with E-state index in [1.54, 1.807) is 50.2 Å². The van der Waals surface area contributed by atoms with Crippen LogP contribution in [0.3, 0.4) is 0 Å². The Morgan fingerprint density at radius 3 is 2.24 bits per heavy atom. The number of ether oxygens (including phenoxy) is 1. The maximum Gasteiger partial charge on any atom is 0.338 e. The number of benzene rings is 3. The second-order valence-corrected chi connectivity index (χ2v) is 8.66. The SMILES string of the molecule is CC(C)OC(=O)c1cccc(NC(=O)c2cccc(NC3=C(Cl)C(=O)N(c4ccccc4F)C3=O)c2)c1. The third-order valence-electron chi connectivity index (χ3n) is 5.21. The molecule has 0 spiro atoms. The summed E-state index contributed by atoms with van der Waals surface area (Å²) in [5.74, 6) is -3.46. The van der Waals surface area contributed by atoms with Crippen molar-refractivity contribution in [3.05, 3.63) is 100 Å². The Bertz CT molecular complexity index is 1450. The molecule has 4 rings (SSSR count). The van der Waals surface area contributed by atoms with E-state index in [-0.39, 0.29) is 28.6 Å². The van der Waals surface area contributed by atoms with E-state index in [9.17, 15) is 23.6 Å². The molecule has 0 fully saturated rings. The van der Waals surface area contributed by atoms with Crippen LogP contribution in [0.2, 0.25) is 0 Å². The zero-order chi connectivity index (χ0) is 26.7. The van der Waals surface area contributed by atoms with Gasteiger partial charge in [0, 0.05) is 16.9 Å². The summed E-state index contributed by atoms with van der Waals surface area (Å²) in [4.78, 5) is 51.2. The molecule has 3 amide bonds. The number of para-hydroxylation sites is 1. The number of amides is 3. The fraction of sp³-hybridized carbons (Fsp3) is 0.111. The van der Waals surface area contributed by atoms with Crippen LogP contribution in [0.25, 0.3) is 0 Å². The van der Waals surface area contributed by atoms with E-state index < -0.39 is 34.5 Å². The van der Waals surface area contributed by atoms with Gasteiger partial charge in [0.25, 0.3) is 17.7 Å². The number of hydrogen-bond donors (Lipinski definition) is 2. The number of esters is 1. The number of imide groups is 1. The van der Waals surface area contributed by atoms with E-state index >= 15 is 0 Å². The Morgan fingerprint density at radius 1 is 0.892 bits per heavy atom. The van der Waals surface area contributed by atoms with Gasteiger partial charge >= 0.3 is 5.97 Å². The second-order valence-electron chi connectivity index (χ2n) is 8.28. The molecule has 0 aromatic heterocycles. The maximum absolute atomic E-state index is 14.2. The number of nitrogens with zero attached hydrogens (tertiary/aromatic N) is 1. The van der Waals surface area contributed by atoms with Gasteiger partial charge in [-0.25, -0.2) is 14.1 Å². The van der Waals surface area contributed by atoms with Crippen molar-refractivity contribution in [3.8, 4) is 0 Å². The van der Waals surface area contributed by atoms with Gasteiger partial charge in [-0.05, 0) is 62.4 Å². The van der Waals surface area contributed by atoms with Crippen LogP contribution in [-0.2, 0) is 14.3 Å². The summed E-state index contributed by atoms with van der Waals surface area (Å²) in [6.45, 7) is 3.47. The predicted octanol–water partition coefficient (Wildman–Crippen LogP) is 5.08. The molecule has 0 atom stereocenters. The molecular formula is C27H21ClFN3O5. The summed E-state index contributed by atoms with van der Waals surface area (Å²) in [6.07, 6.45) is -0.287. The lowest BCUT2D eigenvalue weighted by molar-refractivity contribution is -0.120. The van der Waals surface area contributed by atoms with Crippen molar-refractivity contribution in [1.29, 1.82) is 0 Å². The maximum atomic E-state index is 14.2. The number of halogens is 2. The number of rotatable bonds is 7. The number of carbonyl (C=O) groups is 4. The Hall–Kier alpha value is -4.50. The minimum atomic E-state index is -0.871. The Morgan fingerprint density at radius 2 is 1.54 bits per heavy atom. The monoisotopic (exact) mass is 521 g/mol. The quantitative estimate of drug-likeness (QED) is 0.332. The third-order valence-corrected chi connectivity index (χ3v) is 5.56. The van der Waals surface area contributed by atoms with Crippen LogP contribution in [-0.4, -0.2) is 29.8 Å². The molecule has 10 heteroatoms. The summed E-state index contributed by atoms with van der Waals surface area (Å²) < 4.78 is 19.4. The molecule has 188 valence electrons. The van der Waals surface area contributed by atoms with Gasteiger partial charge in [-0.2, -0.15) is 0 Å². The fourth-order valence-electron chi connectivity index (χ4n) is 3.56. The lowest BCUT2D eigenvalue weighted by atomic mass is 10.1. The fourth-order valence-corrected chi connectivity index (χ4v) is 3.77. The van der Waals surface area contributed by atoms with Gasteiger partial charge in [0.2, 0.25) is 0 Å². The van der Waals surface area contributed by atoms with Gasteiger partial charge in [0.1, 0.15) is 16.5 Å². The van der Waals surface area contributed by atoms with Crippen molar-refractivity contribution >= 4 is 52.4 Å². The average molecular weight is 522 g/mol. The summed E-state index contributed by atoms with van der Waals surface area (Å²) in [7, 11) is 0. The van der Waals surface area contributed by atoms with Gasteiger partial charge in [-0.1, -0.05) is 35.9 Å². The zero-order valence-electron chi connectivity index (χ0n) is 19.7. The number of carbonyl (C=O) groups excluding carboxylic acids is 4. The number of nitrogens with one attached hydrogen (secondary N) is 2. The molecule has 1 aliphatic rings. The largest absolute Gasteiger partial charge is 0.459 e. The van der Waals surface area contributed by atoms with Crippen LogP contribution >= 0.6 is 11.6 Å². The lowest BCUT2D eigenvalue weighted by Gasteiger charge is -2.15. The van der Waals surface area contributed by atoms with Crippen molar-refractivity contribution in [3.63, 3.8) is 0 Å². The summed E-state index contributed by atoms with van der Waals surface area (Å²) in [5.41, 5.74) is 0.715. The molecule has 3 aromatic carbocycles. The highest BCUT2D eigenvalue weighted by Crippen LogP contribution is 2.31. The molecular weight excluding hydrogens is 501 g/mol. The molecule has 1 aliphatic heterocycles. The van der Waals surface area contributed by atoms with Gasteiger partial charge in [0.15, 0.2) is 0 Å². The lowest BCUT2D eigenvalue weighted by Crippen LogP contribution is -2.33. The highest BCUT2D eigenvalue weighted by molar-refractivity contribution is 6.53. The topological polar surface area (TPSA) is 105 Å². The van der Waals surface area contributed by atoms with Crippen molar-refractivity contribution in [2.45, 2.75) is 20.0 Å². The van der Waals surface area contributed by atoms with Gasteiger partial charge in [-0.3, -0.25) is 14.4 Å². The molecule has 8 nitrogen and oxygen atoms in total. The van der Waals surface area contributed by atoms with Crippen LogP contribution in [0.1, 0.15) is 34.6 Å². The molecule has 0 aliphatic carbocycles. The zero-order valence-corrected chi connectivity index (χ0v) is 20.5. The minimum Gasteiger partial charge on any atom is -0.459 e. The minimum absolute atomic E-state index is 0.222. The first-order valence-electron chi connectivity index (χ1n) is 11.2. The summed E-state index contributed by atoms with van der Waals surface area (Å²) in [5, 5.41) is 5.06. The number of anilines is 3. The van der Waals surface area contributed by atoms with Crippen LogP contribution in [0, 0.1) is 5.82 Å². The van der Waals surface area contributed by atoms with Gasteiger partial charge in [0.05, 0.1) is 17.4 Å². The Balaban J connectivity index is 1.50. The Labute approximate surface area is 216 Å². The van der Waals surface area contributed by atoms with Gasteiger partial charge < -0.3 is 15.4 Å². The van der Waals surface area contributed by atoms with Crippen molar-refractivity contribution in [2.75, 3.05) is 15.5 Å². The van der Waals surface area contributed by atoms with E-state index in [1.807, 2.05) is 0 Å². The highest BCUT2D eigenvalue weighted by Gasteiger charge is 2.40. The van der Waals surface area contributed by atoms with E-state index in [4.69, 9.17) is 16.3 Å². The Kier molecular flexibility index (Phi) is 7.35. The van der Waals surface area contributed by atoms with Crippen molar-refractivity contribution in [2.24, 2.45) is 0 Å². The molecule has 0 saturated heterocycles. The normalized spacial score (nSPS) is 13.3. The molecule has 3 aromatic rings. The molecule has 1 heterocycles. The third kappa shape index (κ3) is 5.52. The molecule has 0 radical (unpaired) electrons. The second kappa shape index (κ2) is 10.6. The number of hydrogen-bond acceptors (Lipinski definition) is 6. The summed E-state index contributed by atoms with van der Waals surface area (Å²) >= 11 is 6.12. The predicted molar refractivity (Wildman–Crippen MR) is 137 cm³/mol. The van der Waals surface area contributed by atoms with Crippen LogP contribution in [0.4, 0.5) is 21.5 Å². The van der Waals surface area contributed by atoms with E-state index in [0.29, 0.717) is 16.3 Å². The smallest absolute Gasteiger partial charge is 0.338 e. The standard InChI is InChI=1S/C27H21ClFN3O5/c1-15(2)37-27(36)17-8-6-10-19(14-17)31-24(33)16-7-5-9-18(13-16)30-23-22(28)25(34)32(26(23)35)21-12-4-3-11-20(21)29/h3-15,30H,1-2H3,(H,31,33).